The second-order valence-corrected chi connectivity index (χ2v) is 5.21. The lowest BCUT2D eigenvalue weighted by atomic mass is 9.80. The lowest BCUT2D eigenvalue weighted by Gasteiger charge is -2.37. The minimum atomic E-state index is 0.0742. The quantitative estimate of drug-likeness (QED) is 0.745. The third-order valence-corrected chi connectivity index (χ3v) is 3.42. The van der Waals surface area contributed by atoms with Gasteiger partial charge in [-0.3, -0.25) is 4.79 Å². The van der Waals surface area contributed by atoms with E-state index in [4.69, 9.17) is 11.6 Å². The van der Waals surface area contributed by atoms with Crippen molar-refractivity contribution in [2.24, 2.45) is 5.41 Å². The maximum absolute atomic E-state index is 11.3. The lowest BCUT2D eigenvalue weighted by molar-refractivity contribution is -0.121. The number of rotatable bonds is 4. The normalized spacial score (nSPS) is 21.3. The second-order valence-electron chi connectivity index (χ2n) is 4.83. The van der Waals surface area contributed by atoms with Crippen LogP contribution in [-0.2, 0) is 4.79 Å². The van der Waals surface area contributed by atoms with Crippen molar-refractivity contribution >= 4 is 17.5 Å². The van der Waals surface area contributed by atoms with Crippen LogP contribution in [0.2, 0.25) is 0 Å². The predicted molar refractivity (Wildman–Crippen MR) is 63.2 cm³/mol. The summed E-state index contributed by atoms with van der Waals surface area (Å²) in [7, 11) is 2.14. The first-order valence-corrected chi connectivity index (χ1v) is 6.10. The van der Waals surface area contributed by atoms with E-state index >= 15 is 0 Å². The van der Waals surface area contributed by atoms with Crippen LogP contribution < -0.4 is 5.32 Å². The third kappa shape index (κ3) is 4.39. The molecular formula is C11H21ClN2O. The first-order chi connectivity index (χ1) is 7.06. The van der Waals surface area contributed by atoms with Gasteiger partial charge >= 0.3 is 0 Å². The Balaban J connectivity index is 2.27. The molecule has 1 heterocycles. The molecule has 0 radical (unpaired) electrons. The lowest BCUT2D eigenvalue weighted by Crippen LogP contribution is -2.43. The van der Waals surface area contributed by atoms with Crippen LogP contribution in [0.3, 0.4) is 0 Å². The molecule has 0 aromatic carbocycles. The number of amides is 1. The summed E-state index contributed by atoms with van der Waals surface area (Å²) >= 11 is 5.50. The Hall–Kier alpha value is -0.280. The van der Waals surface area contributed by atoms with Crippen LogP contribution in [0, 0.1) is 5.41 Å². The van der Waals surface area contributed by atoms with E-state index in [9.17, 15) is 4.79 Å². The first kappa shape index (κ1) is 12.8. The van der Waals surface area contributed by atoms with Gasteiger partial charge in [-0.05, 0) is 38.4 Å². The standard InChI is InChI=1S/C11H21ClN2O/c1-11(4-7-14(2)8-5-11)9-13-10(15)3-6-12/h3-9H2,1-2H3,(H,13,15). The zero-order valence-electron chi connectivity index (χ0n) is 9.68. The molecule has 0 saturated carbocycles. The Morgan fingerprint density at radius 1 is 1.47 bits per heavy atom. The van der Waals surface area contributed by atoms with E-state index in [1.807, 2.05) is 0 Å². The summed E-state index contributed by atoms with van der Waals surface area (Å²) in [4.78, 5) is 13.6. The number of likely N-dealkylation sites (tertiary alicyclic amines) is 1. The van der Waals surface area contributed by atoms with Gasteiger partial charge < -0.3 is 10.2 Å². The zero-order chi connectivity index (χ0) is 11.3. The fraction of sp³-hybridized carbons (Fsp3) is 0.909. The van der Waals surface area contributed by atoms with E-state index in [2.05, 4.69) is 24.2 Å². The fourth-order valence-corrected chi connectivity index (χ4v) is 1.99. The SMILES string of the molecule is CN1CCC(C)(CNC(=O)CCCl)CC1. The molecule has 1 rings (SSSR count). The molecule has 0 spiro atoms. The highest BCUT2D eigenvalue weighted by molar-refractivity contribution is 6.18. The van der Waals surface area contributed by atoms with Crippen LogP contribution >= 0.6 is 11.6 Å². The van der Waals surface area contributed by atoms with E-state index in [0.717, 1.165) is 32.5 Å². The fourth-order valence-electron chi connectivity index (χ4n) is 1.82. The third-order valence-electron chi connectivity index (χ3n) is 3.23. The van der Waals surface area contributed by atoms with Gasteiger partial charge in [0.2, 0.25) is 5.91 Å². The van der Waals surface area contributed by atoms with Gasteiger partial charge in [0.15, 0.2) is 0 Å². The second kappa shape index (κ2) is 5.71. The summed E-state index contributed by atoms with van der Waals surface area (Å²) in [6.45, 7) is 5.29. The average Bonchev–Trinajstić information content (AvgIpc) is 2.21. The van der Waals surface area contributed by atoms with Crippen molar-refractivity contribution in [3.05, 3.63) is 0 Å². The Kier molecular flexibility index (Phi) is 4.87. The maximum atomic E-state index is 11.3. The van der Waals surface area contributed by atoms with Crippen LogP contribution in [0.4, 0.5) is 0 Å². The molecule has 0 aromatic rings. The van der Waals surface area contributed by atoms with E-state index in [1.165, 1.54) is 0 Å². The molecule has 0 bridgehead atoms. The van der Waals surface area contributed by atoms with E-state index in [0.29, 0.717) is 12.3 Å². The summed E-state index contributed by atoms with van der Waals surface area (Å²) in [5.74, 6) is 0.482. The van der Waals surface area contributed by atoms with Gasteiger partial charge in [-0.15, -0.1) is 11.6 Å². The number of carbonyl (C=O) groups is 1. The molecule has 15 heavy (non-hydrogen) atoms. The van der Waals surface area contributed by atoms with Crippen molar-refractivity contribution in [2.75, 3.05) is 32.6 Å². The van der Waals surface area contributed by atoms with E-state index < -0.39 is 0 Å². The molecule has 0 atom stereocenters. The molecule has 1 amide bonds. The minimum Gasteiger partial charge on any atom is -0.356 e. The molecule has 0 aromatic heterocycles. The van der Waals surface area contributed by atoms with Gasteiger partial charge in [-0.1, -0.05) is 6.92 Å². The van der Waals surface area contributed by atoms with E-state index in [-0.39, 0.29) is 11.3 Å². The Bertz CT molecular complexity index is 213. The van der Waals surface area contributed by atoms with Crippen LogP contribution in [0.5, 0.6) is 0 Å². The van der Waals surface area contributed by atoms with Gasteiger partial charge in [0.25, 0.3) is 0 Å². The number of hydrogen-bond acceptors (Lipinski definition) is 2. The van der Waals surface area contributed by atoms with Crippen molar-refractivity contribution in [2.45, 2.75) is 26.2 Å². The van der Waals surface area contributed by atoms with Gasteiger partial charge in [0.1, 0.15) is 0 Å². The molecule has 1 saturated heterocycles. The van der Waals surface area contributed by atoms with Crippen LogP contribution in [0.25, 0.3) is 0 Å². The molecule has 4 heteroatoms. The smallest absolute Gasteiger partial charge is 0.221 e. The molecule has 3 nitrogen and oxygen atoms in total. The number of nitrogens with zero attached hydrogens (tertiary/aromatic N) is 1. The summed E-state index contributed by atoms with van der Waals surface area (Å²) in [5.41, 5.74) is 0.272. The summed E-state index contributed by atoms with van der Waals surface area (Å²) in [6.07, 6.45) is 2.74. The Labute approximate surface area is 97.2 Å². The summed E-state index contributed by atoms with van der Waals surface area (Å²) < 4.78 is 0. The highest BCUT2D eigenvalue weighted by Gasteiger charge is 2.28. The number of piperidine rings is 1. The molecular weight excluding hydrogens is 212 g/mol. The highest BCUT2D eigenvalue weighted by Crippen LogP contribution is 2.29. The number of carbonyl (C=O) groups excluding carboxylic acids is 1. The highest BCUT2D eigenvalue weighted by atomic mass is 35.5. The largest absolute Gasteiger partial charge is 0.356 e. The van der Waals surface area contributed by atoms with Gasteiger partial charge in [-0.2, -0.15) is 0 Å². The van der Waals surface area contributed by atoms with Crippen LogP contribution in [0.15, 0.2) is 0 Å². The number of nitrogens with one attached hydrogen (secondary N) is 1. The average molecular weight is 233 g/mol. The van der Waals surface area contributed by atoms with Crippen LogP contribution in [0.1, 0.15) is 26.2 Å². The molecule has 0 unspecified atom stereocenters. The zero-order valence-corrected chi connectivity index (χ0v) is 10.4. The Morgan fingerprint density at radius 3 is 2.60 bits per heavy atom. The number of alkyl halides is 1. The number of halogens is 1. The van der Waals surface area contributed by atoms with Crippen molar-refractivity contribution in [3.8, 4) is 0 Å². The number of hydrogen-bond donors (Lipinski definition) is 1. The van der Waals surface area contributed by atoms with Gasteiger partial charge in [-0.25, -0.2) is 0 Å². The molecule has 88 valence electrons. The molecule has 1 N–H and O–H groups in total. The summed E-state index contributed by atoms with van der Waals surface area (Å²) in [6, 6.07) is 0. The van der Waals surface area contributed by atoms with E-state index in [1.54, 1.807) is 0 Å². The molecule has 0 aliphatic carbocycles. The van der Waals surface area contributed by atoms with Gasteiger partial charge in [0.05, 0.1) is 0 Å². The molecule has 1 fully saturated rings. The van der Waals surface area contributed by atoms with Crippen molar-refractivity contribution in [1.29, 1.82) is 0 Å². The van der Waals surface area contributed by atoms with Crippen molar-refractivity contribution < 1.29 is 4.79 Å². The van der Waals surface area contributed by atoms with Crippen molar-refractivity contribution in [3.63, 3.8) is 0 Å². The maximum Gasteiger partial charge on any atom is 0.221 e. The molecule has 1 aliphatic heterocycles. The first-order valence-electron chi connectivity index (χ1n) is 5.57. The van der Waals surface area contributed by atoms with Crippen LogP contribution in [-0.4, -0.2) is 43.4 Å². The summed E-state index contributed by atoms with van der Waals surface area (Å²) in [5, 5.41) is 2.97. The Morgan fingerprint density at radius 2 is 2.07 bits per heavy atom. The minimum absolute atomic E-state index is 0.0742. The van der Waals surface area contributed by atoms with Gasteiger partial charge in [0, 0.05) is 18.8 Å². The van der Waals surface area contributed by atoms with Crippen molar-refractivity contribution in [1.82, 2.24) is 10.2 Å². The molecule has 1 aliphatic rings. The topological polar surface area (TPSA) is 32.3 Å². The predicted octanol–water partition coefficient (Wildman–Crippen LogP) is 1.46. The monoisotopic (exact) mass is 232 g/mol.